The van der Waals surface area contributed by atoms with Gasteiger partial charge in [-0.15, -0.1) is 0 Å². The average Bonchev–Trinajstić information content (AvgIpc) is 3.62. The van der Waals surface area contributed by atoms with E-state index in [0.717, 1.165) is 29.9 Å². The predicted octanol–water partition coefficient (Wildman–Crippen LogP) is 2.91. The van der Waals surface area contributed by atoms with Crippen LogP contribution in [0.5, 0.6) is 11.5 Å². The molecule has 0 radical (unpaired) electrons. The third kappa shape index (κ3) is 6.69. The molecule has 2 aromatic carbocycles. The summed E-state index contributed by atoms with van der Waals surface area (Å²) in [5.41, 5.74) is 12.5. The Bertz CT molecular complexity index is 1320. The fraction of sp³-hybridized carbons (Fsp3) is 0.357. The molecule has 2 unspecified atom stereocenters. The van der Waals surface area contributed by atoms with Crippen LogP contribution >= 0.6 is 11.5 Å². The van der Waals surface area contributed by atoms with Gasteiger partial charge in [-0.2, -0.15) is 4.37 Å². The Kier molecular flexibility index (Phi) is 9.56. The number of hydrogen-bond donors (Lipinski definition) is 3. The molecule has 1 fully saturated rings. The molecule has 4 rings (SSSR count). The van der Waals surface area contributed by atoms with E-state index >= 15 is 0 Å². The van der Waals surface area contributed by atoms with Crippen LogP contribution in [0, 0.1) is 0 Å². The summed E-state index contributed by atoms with van der Waals surface area (Å²) in [7, 11) is 1.56. The lowest BCUT2D eigenvalue weighted by Crippen LogP contribution is -2.45. The molecule has 0 aliphatic carbocycles. The second-order valence-electron chi connectivity index (χ2n) is 9.20. The number of methoxy groups -OCH3 is 1. The minimum absolute atomic E-state index is 0.0187. The predicted molar refractivity (Wildman–Crippen MR) is 150 cm³/mol. The van der Waals surface area contributed by atoms with Crippen molar-refractivity contribution in [3.05, 3.63) is 70.2 Å². The summed E-state index contributed by atoms with van der Waals surface area (Å²) in [6.45, 7) is 3.38. The minimum Gasteiger partial charge on any atom is -0.497 e. The van der Waals surface area contributed by atoms with Crippen molar-refractivity contribution < 1.29 is 28.6 Å². The molecule has 5 N–H and O–H groups in total. The molecule has 11 nitrogen and oxygen atoms in total. The number of nitrogens with two attached hydrogens (primary N) is 2. The zero-order valence-electron chi connectivity index (χ0n) is 22.4. The highest BCUT2D eigenvalue weighted by Gasteiger charge is 2.35. The van der Waals surface area contributed by atoms with Crippen LogP contribution in [0.4, 0.5) is 5.69 Å². The highest BCUT2D eigenvalue weighted by molar-refractivity contribution is 7.09. The highest BCUT2D eigenvalue weighted by Crippen LogP contribution is 2.31. The number of hydrogen-bond acceptors (Lipinski definition) is 9. The summed E-state index contributed by atoms with van der Waals surface area (Å²) in [5.74, 6) is -0.511. The van der Waals surface area contributed by atoms with E-state index in [-0.39, 0.29) is 34.8 Å². The van der Waals surface area contributed by atoms with Crippen LogP contribution in [0.1, 0.15) is 57.1 Å². The number of carbonyl (C=O) groups is 3. The average molecular weight is 568 g/mol. The van der Waals surface area contributed by atoms with Crippen molar-refractivity contribution in [2.75, 3.05) is 32.6 Å². The molecular weight excluding hydrogens is 534 g/mol. The number of amides is 3. The monoisotopic (exact) mass is 567 g/mol. The highest BCUT2D eigenvalue weighted by atomic mass is 32.1. The van der Waals surface area contributed by atoms with Crippen molar-refractivity contribution in [3.63, 3.8) is 0 Å². The van der Waals surface area contributed by atoms with Gasteiger partial charge in [0.25, 0.3) is 11.8 Å². The summed E-state index contributed by atoms with van der Waals surface area (Å²) in [4.78, 5) is 41.2. The van der Waals surface area contributed by atoms with E-state index in [9.17, 15) is 14.4 Å². The Morgan fingerprint density at radius 2 is 1.85 bits per heavy atom. The van der Waals surface area contributed by atoms with Crippen molar-refractivity contribution in [1.82, 2.24) is 14.6 Å². The van der Waals surface area contributed by atoms with Crippen LogP contribution in [-0.2, 0) is 16.1 Å². The summed E-state index contributed by atoms with van der Waals surface area (Å²) >= 11 is 0.766. The molecule has 1 saturated heterocycles. The zero-order valence-corrected chi connectivity index (χ0v) is 23.2. The first kappa shape index (κ1) is 28.8. The maximum Gasteiger partial charge on any atom is 0.270 e. The molecule has 2 heterocycles. The first-order chi connectivity index (χ1) is 19.3. The molecule has 1 aliphatic heterocycles. The lowest BCUT2D eigenvalue weighted by atomic mass is 10.0. The second kappa shape index (κ2) is 13.3. The maximum atomic E-state index is 14.1. The van der Waals surface area contributed by atoms with E-state index in [2.05, 4.69) is 9.69 Å². The van der Waals surface area contributed by atoms with Gasteiger partial charge in [-0.3, -0.25) is 14.4 Å². The van der Waals surface area contributed by atoms with E-state index in [1.54, 1.807) is 43.5 Å². The third-order valence-electron chi connectivity index (χ3n) is 6.52. The largest absolute Gasteiger partial charge is 0.497 e. The Hall–Kier alpha value is -4.16. The van der Waals surface area contributed by atoms with E-state index in [4.69, 9.17) is 25.7 Å². The zero-order chi connectivity index (χ0) is 28.6. The smallest absolute Gasteiger partial charge is 0.270 e. The number of aromatic nitrogens is 1. The van der Waals surface area contributed by atoms with Crippen molar-refractivity contribution in [2.24, 2.45) is 5.73 Å². The molecular formula is C28H33N5O6S. The van der Waals surface area contributed by atoms with Crippen molar-refractivity contribution in [2.45, 2.75) is 38.5 Å². The van der Waals surface area contributed by atoms with Crippen LogP contribution in [0.15, 0.2) is 48.5 Å². The van der Waals surface area contributed by atoms with Crippen molar-refractivity contribution in [1.29, 1.82) is 0 Å². The summed E-state index contributed by atoms with van der Waals surface area (Å²) in [6.07, 6.45) is 1.68. The number of anilines is 1. The molecule has 40 heavy (non-hydrogen) atoms. The van der Waals surface area contributed by atoms with E-state index < -0.39 is 17.9 Å². The van der Waals surface area contributed by atoms with Gasteiger partial charge in [0.2, 0.25) is 5.91 Å². The fourth-order valence-corrected chi connectivity index (χ4v) is 5.23. The molecule has 212 valence electrons. The lowest BCUT2D eigenvalue weighted by Gasteiger charge is -2.31. The van der Waals surface area contributed by atoms with Gasteiger partial charge in [-0.25, -0.2) is 0 Å². The number of carbonyl (C=O) groups excluding carboxylic acids is 3. The van der Waals surface area contributed by atoms with Gasteiger partial charge in [0.15, 0.2) is 5.69 Å². The topological polar surface area (TPSA) is 159 Å². The molecule has 1 aromatic heterocycles. The Morgan fingerprint density at radius 1 is 1.15 bits per heavy atom. The number of nitrogen functional groups attached to an aromatic ring is 1. The van der Waals surface area contributed by atoms with Crippen LogP contribution in [-0.4, -0.2) is 60.0 Å². The number of rotatable bonds is 12. The number of nitrogens with zero attached hydrogens (tertiary/aromatic N) is 2. The van der Waals surface area contributed by atoms with Gasteiger partial charge in [0.05, 0.1) is 25.5 Å². The van der Waals surface area contributed by atoms with Crippen molar-refractivity contribution >= 4 is 34.9 Å². The van der Waals surface area contributed by atoms with Crippen LogP contribution in [0.2, 0.25) is 0 Å². The summed E-state index contributed by atoms with van der Waals surface area (Å²) in [6, 6.07) is 13.1. The molecule has 3 amide bonds. The summed E-state index contributed by atoms with van der Waals surface area (Å²) in [5, 5.41) is 2.97. The Labute approximate surface area is 236 Å². The van der Waals surface area contributed by atoms with E-state index in [1.807, 2.05) is 19.1 Å². The quantitative estimate of drug-likeness (QED) is 0.301. The van der Waals surface area contributed by atoms with Gasteiger partial charge in [0.1, 0.15) is 22.4 Å². The molecule has 2 atom stereocenters. The molecule has 0 saturated carbocycles. The standard InChI is InChI=1S/C28H33N5O6S/c1-3-38-20-12-8-18(9-13-20)24(27(35)31-15-21-5-4-14-39-21)33(16-17-6-10-19(37-2)11-7-17)28(36)25-22(29)23(26(30)34)32-40-25/h6-13,21,24H,3-5,14-16,29H2,1-2H3,(H2,30,34)(H,31,35). The van der Waals surface area contributed by atoms with Gasteiger partial charge in [0, 0.05) is 19.7 Å². The van der Waals surface area contributed by atoms with Gasteiger partial charge in [-0.1, -0.05) is 24.3 Å². The van der Waals surface area contributed by atoms with Gasteiger partial charge >= 0.3 is 0 Å². The van der Waals surface area contributed by atoms with E-state index in [1.165, 1.54) is 4.90 Å². The molecule has 0 bridgehead atoms. The van der Waals surface area contributed by atoms with Gasteiger partial charge < -0.3 is 35.9 Å². The SMILES string of the molecule is CCOc1ccc(C(C(=O)NCC2CCCO2)N(Cc2ccc(OC)cc2)C(=O)c2snc(C(N)=O)c2N)cc1. The number of nitrogens with one attached hydrogen (secondary N) is 1. The fourth-order valence-electron chi connectivity index (χ4n) is 4.47. The minimum atomic E-state index is -1.05. The second-order valence-corrected chi connectivity index (χ2v) is 9.98. The maximum absolute atomic E-state index is 14.1. The normalized spacial score (nSPS) is 15.3. The number of ether oxygens (including phenoxy) is 3. The van der Waals surface area contributed by atoms with Crippen LogP contribution < -0.4 is 26.3 Å². The summed E-state index contributed by atoms with van der Waals surface area (Å²) < 4.78 is 20.5. The molecule has 3 aromatic rings. The number of primary amides is 1. The van der Waals surface area contributed by atoms with Crippen LogP contribution in [0.3, 0.4) is 0 Å². The third-order valence-corrected chi connectivity index (χ3v) is 7.37. The first-order valence-electron chi connectivity index (χ1n) is 12.9. The molecule has 1 aliphatic rings. The first-order valence-corrected chi connectivity index (χ1v) is 13.7. The molecule has 0 spiro atoms. The van der Waals surface area contributed by atoms with E-state index in [0.29, 0.717) is 36.8 Å². The number of benzene rings is 2. The Balaban J connectivity index is 1.75. The van der Waals surface area contributed by atoms with Crippen LogP contribution in [0.25, 0.3) is 0 Å². The Morgan fingerprint density at radius 3 is 2.42 bits per heavy atom. The lowest BCUT2D eigenvalue weighted by molar-refractivity contribution is -0.126. The molecule has 12 heteroatoms. The van der Waals surface area contributed by atoms with Crippen molar-refractivity contribution in [3.8, 4) is 11.5 Å². The van der Waals surface area contributed by atoms with Gasteiger partial charge in [-0.05, 0) is 66.7 Å².